The Bertz CT molecular complexity index is 1000. The van der Waals surface area contributed by atoms with Gasteiger partial charge in [-0.05, 0) is 64.6 Å². The van der Waals surface area contributed by atoms with Crippen LogP contribution in [0.4, 0.5) is 14.4 Å². The highest BCUT2D eigenvalue weighted by Gasteiger charge is 2.17. The van der Waals surface area contributed by atoms with Gasteiger partial charge in [0.2, 0.25) is 0 Å². The number of carbonyl (C=O) groups is 3. The molecule has 0 aromatic carbocycles. The van der Waals surface area contributed by atoms with Crippen molar-refractivity contribution in [1.29, 1.82) is 16.2 Å². The molecule has 0 heterocycles. The average Bonchev–Trinajstić information content (AvgIpc) is 2.99. The lowest BCUT2D eigenvalue weighted by Gasteiger charge is -2.23. The summed E-state index contributed by atoms with van der Waals surface area (Å²) in [6, 6.07) is -2.37. The molecule has 0 fully saturated rings. The monoisotopic (exact) mass is 687 g/mol. The number of rotatable bonds is 22. The first kappa shape index (κ1) is 42.3. The number of hydrogen-bond donors (Lipinski definition) is 17. The molecule has 0 saturated heterocycles. The molecule has 0 aromatic heterocycles. The van der Waals surface area contributed by atoms with Gasteiger partial charge < -0.3 is 75.7 Å². The predicted molar refractivity (Wildman–Crippen MR) is 188 cm³/mol. The van der Waals surface area contributed by atoms with Crippen molar-refractivity contribution in [2.75, 3.05) is 46.3 Å². The number of guanidine groups is 3. The SMILES string of the molecule is CNC(=S)NC(CCCNC(=N)N)CNC(=O)N[C@@H](C)CNC(=O)NC(CCCNC(=N)N)CNC(=O)N[C@H](C)CCCNC(=N)N. The van der Waals surface area contributed by atoms with Gasteiger partial charge in [0, 0.05) is 70.5 Å². The summed E-state index contributed by atoms with van der Waals surface area (Å²) >= 11 is 5.18. The number of thiocarbonyl (C=S) groups is 1. The molecule has 2 unspecified atom stereocenters. The van der Waals surface area contributed by atoms with Gasteiger partial charge in [0.25, 0.3) is 0 Å². The molecule has 0 radical (unpaired) electrons. The molecule has 0 aliphatic carbocycles. The van der Waals surface area contributed by atoms with Gasteiger partial charge in [-0.15, -0.1) is 0 Å². The molecule has 0 rings (SSSR count). The van der Waals surface area contributed by atoms with Gasteiger partial charge in [0.05, 0.1) is 0 Å². The van der Waals surface area contributed by atoms with Crippen molar-refractivity contribution >= 4 is 53.3 Å². The summed E-state index contributed by atoms with van der Waals surface area (Å²) < 4.78 is 0. The van der Waals surface area contributed by atoms with Crippen LogP contribution in [0.1, 0.15) is 52.4 Å². The molecule has 4 atom stereocenters. The number of nitrogens with two attached hydrogens (primary N) is 3. The van der Waals surface area contributed by atoms with Crippen molar-refractivity contribution < 1.29 is 14.4 Å². The fraction of sp³-hybridized carbons (Fsp3) is 0.731. The number of hydrogen-bond acceptors (Lipinski definition) is 7. The lowest BCUT2D eigenvalue weighted by molar-refractivity contribution is 0.227. The van der Waals surface area contributed by atoms with Gasteiger partial charge in [-0.1, -0.05) is 0 Å². The molecule has 0 saturated carbocycles. The van der Waals surface area contributed by atoms with Gasteiger partial charge >= 0.3 is 18.1 Å². The molecule has 47 heavy (non-hydrogen) atoms. The average molecular weight is 688 g/mol. The summed E-state index contributed by atoms with van der Waals surface area (Å²) in [5, 5.41) is 53.0. The van der Waals surface area contributed by atoms with Crippen LogP contribution in [-0.4, -0.2) is 112 Å². The van der Waals surface area contributed by atoms with Crippen LogP contribution < -0.4 is 75.7 Å². The Morgan fingerprint density at radius 2 is 0.957 bits per heavy atom. The Labute approximate surface area is 282 Å². The van der Waals surface area contributed by atoms with Crippen LogP contribution in [0.3, 0.4) is 0 Å². The summed E-state index contributed by atoms with van der Waals surface area (Å²) in [6.45, 7) is 5.66. The zero-order valence-corrected chi connectivity index (χ0v) is 28.5. The maximum Gasteiger partial charge on any atom is 0.315 e. The van der Waals surface area contributed by atoms with Crippen molar-refractivity contribution in [2.24, 2.45) is 17.2 Å². The van der Waals surface area contributed by atoms with Crippen LogP contribution in [0.25, 0.3) is 0 Å². The van der Waals surface area contributed by atoms with Gasteiger partial charge in [-0.2, -0.15) is 0 Å². The van der Waals surface area contributed by atoms with Crippen LogP contribution in [0.5, 0.6) is 0 Å². The quantitative estimate of drug-likeness (QED) is 0.0239. The first-order valence-electron chi connectivity index (χ1n) is 15.6. The molecule has 20 nitrogen and oxygen atoms in total. The fourth-order valence-corrected chi connectivity index (χ4v) is 4.24. The Balaban J connectivity index is 4.74. The number of nitrogens with one attached hydrogen (secondary N) is 14. The van der Waals surface area contributed by atoms with Gasteiger partial charge in [0.15, 0.2) is 23.0 Å². The fourth-order valence-electron chi connectivity index (χ4n) is 4.07. The summed E-state index contributed by atoms with van der Waals surface area (Å²) in [5.74, 6) is -0.362. The minimum absolute atomic E-state index is 0.0998. The molecule has 0 aromatic rings. The third-order valence-corrected chi connectivity index (χ3v) is 6.78. The second kappa shape index (κ2) is 25.5. The Hall–Kier alpha value is -4.69. The largest absolute Gasteiger partial charge is 0.370 e. The molecule has 0 bridgehead atoms. The highest BCUT2D eigenvalue weighted by molar-refractivity contribution is 7.80. The van der Waals surface area contributed by atoms with E-state index in [-0.39, 0.29) is 55.6 Å². The maximum atomic E-state index is 12.7. The Morgan fingerprint density at radius 1 is 0.574 bits per heavy atom. The lowest BCUT2D eigenvalue weighted by atomic mass is 10.1. The van der Waals surface area contributed by atoms with Crippen molar-refractivity contribution in [3.63, 3.8) is 0 Å². The first-order chi connectivity index (χ1) is 22.2. The van der Waals surface area contributed by atoms with Gasteiger partial charge in [-0.3, -0.25) is 16.2 Å². The molecule has 21 heteroatoms. The minimum atomic E-state index is -0.471. The number of urea groups is 3. The molecular weight excluding hydrogens is 630 g/mol. The van der Waals surface area contributed by atoms with Crippen LogP contribution in [-0.2, 0) is 0 Å². The normalized spacial score (nSPS) is 12.8. The lowest BCUT2D eigenvalue weighted by Crippen LogP contribution is -2.53. The standard InChI is InChI=1S/C26H57N17O3S/c1-16(7-4-10-34-20(27)28)40-23(44)38-14-18(8-5-11-35-21(29)30)42-25(46)37-13-17(2)41-24(45)39-15-19(43-26(47)33-3)9-6-12-36-22(31)32/h16-19H,4-15H2,1-3H3,(H4,27,28,34)(H4,29,30,35)(H4,31,32,36)(H2,33,43,47)(H2,37,42,46)(H2,38,40,44)(H2,39,41,45)/t16-,17+,18?,19?/m1/s1. The van der Waals surface area contributed by atoms with E-state index < -0.39 is 24.1 Å². The Kier molecular flexibility index (Phi) is 23.0. The summed E-state index contributed by atoms with van der Waals surface area (Å²) in [7, 11) is 1.69. The van der Waals surface area contributed by atoms with E-state index in [9.17, 15) is 14.4 Å². The molecule has 20 N–H and O–H groups in total. The van der Waals surface area contributed by atoms with E-state index in [4.69, 9.17) is 45.6 Å². The molecule has 6 amide bonds. The summed E-state index contributed by atoms with van der Waals surface area (Å²) in [6.07, 6.45) is 3.81. The molecule has 0 aliphatic rings. The van der Waals surface area contributed by atoms with E-state index in [1.54, 1.807) is 14.0 Å². The zero-order chi connectivity index (χ0) is 35.6. The van der Waals surface area contributed by atoms with Crippen molar-refractivity contribution in [2.45, 2.75) is 76.5 Å². The molecule has 0 aliphatic heterocycles. The van der Waals surface area contributed by atoms with Crippen LogP contribution >= 0.6 is 12.2 Å². The second-order valence-electron chi connectivity index (χ2n) is 10.9. The summed E-state index contributed by atoms with van der Waals surface area (Å²) in [5.41, 5.74) is 15.9. The molecule has 270 valence electrons. The summed E-state index contributed by atoms with van der Waals surface area (Å²) in [4.78, 5) is 37.6. The number of carbonyl (C=O) groups excluding carboxylic acids is 3. The molecule has 0 spiro atoms. The number of amides is 6. The van der Waals surface area contributed by atoms with Gasteiger partial charge in [0.1, 0.15) is 0 Å². The van der Waals surface area contributed by atoms with E-state index in [1.807, 2.05) is 6.92 Å². The third-order valence-electron chi connectivity index (χ3n) is 6.46. The smallest absolute Gasteiger partial charge is 0.315 e. The van der Waals surface area contributed by atoms with Crippen molar-refractivity contribution in [1.82, 2.24) is 58.5 Å². The first-order valence-corrected chi connectivity index (χ1v) is 16.0. The van der Waals surface area contributed by atoms with Gasteiger partial charge in [-0.25, -0.2) is 14.4 Å². The van der Waals surface area contributed by atoms with Crippen LogP contribution in [0.15, 0.2) is 0 Å². The topological polar surface area (TPSA) is 333 Å². The van der Waals surface area contributed by atoms with Crippen LogP contribution in [0, 0.1) is 16.2 Å². The second-order valence-corrected chi connectivity index (χ2v) is 11.3. The third kappa shape index (κ3) is 26.3. The van der Waals surface area contributed by atoms with E-state index in [0.717, 1.165) is 0 Å². The van der Waals surface area contributed by atoms with E-state index in [1.165, 1.54) is 0 Å². The predicted octanol–water partition coefficient (Wildman–Crippen LogP) is -2.72. The van der Waals surface area contributed by atoms with Crippen LogP contribution in [0.2, 0.25) is 0 Å². The molecular formula is C26H57N17O3S. The van der Waals surface area contributed by atoms with Crippen molar-refractivity contribution in [3.8, 4) is 0 Å². The van der Waals surface area contributed by atoms with E-state index >= 15 is 0 Å². The highest BCUT2D eigenvalue weighted by atomic mass is 32.1. The Morgan fingerprint density at radius 3 is 1.40 bits per heavy atom. The minimum Gasteiger partial charge on any atom is -0.370 e. The van der Waals surface area contributed by atoms with E-state index in [2.05, 4.69) is 58.5 Å². The highest BCUT2D eigenvalue weighted by Crippen LogP contribution is 1.99. The van der Waals surface area contributed by atoms with E-state index in [0.29, 0.717) is 63.3 Å². The maximum absolute atomic E-state index is 12.7. The van der Waals surface area contributed by atoms with Crippen molar-refractivity contribution in [3.05, 3.63) is 0 Å². The zero-order valence-electron chi connectivity index (χ0n) is 27.7.